The summed E-state index contributed by atoms with van der Waals surface area (Å²) in [6.45, 7) is 17.2. The van der Waals surface area contributed by atoms with Gasteiger partial charge < -0.3 is 0 Å². The predicted molar refractivity (Wildman–Crippen MR) is 73.2 cm³/mol. The summed E-state index contributed by atoms with van der Waals surface area (Å²) in [7, 11) is 0. The molecule has 0 aromatic carbocycles. The molecule has 0 heterocycles. The Morgan fingerprint density at radius 2 is 1.27 bits per heavy atom. The first kappa shape index (κ1) is 17.1. The topological polar surface area (TPSA) is 0 Å². The van der Waals surface area contributed by atoms with E-state index >= 15 is 0 Å². The second-order valence-corrected chi connectivity index (χ2v) is 4.88. The Balaban J connectivity index is 0. The summed E-state index contributed by atoms with van der Waals surface area (Å²) in [5.74, 6) is 2.56. The third-order valence-electron chi connectivity index (χ3n) is 3.24. The molecule has 0 aliphatic carbocycles. The lowest BCUT2D eigenvalue weighted by Crippen LogP contribution is -2.00. The monoisotopic (exact) mass is 212 g/mol. The van der Waals surface area contributed by atoms with E-state index in [0.717, 1.165) is 11.8 Å². The first-order valence-electron chi connectivity index (χ1n) is 6.64. The van der Waals surface area contributed by atoms with Crippen LogP contribution in [0.15, 0.2) is 12.7 Å². The van der Waals surface area contributed by atoms with Crippen LogP contribution < -0.4 is 0 Å². The standard InChI is InChI=1S/C9H20.C6H12/c1-5-8(3)7-9(4)6-2;1-4-6(3)5-2/h8-9H,5-7H2,1-4H3;4,6H,1,5H2,2-3H3. The van der Waals surface area contributed by atoms with Gasteiger partial charge in [-0.1, -0.05) is 66.9 Å². The Morgan fingerprint density at radius 1 is 0.867 bits per heavy atom. The lowest BCUT2D eigenvalue weighted by molar-refractivity contribution is 0.397. The van der Waals surface area contributed by atoms with Crippen molar-refractivity contribution in [1.82, 2.24) is 0 Å². The Bertz CT molecular complexity index is 118. The van der Waals surface area contributed by atoms with E-state index in [1.807, 2.05) is 6.08 Å². The molecule has 0 aliphatic heterocycles. The highest BCUT2D eigenvalue weighted by Gasteiger charge is 2.03. The zero-order chi connectivity index (χ0) is 12.3. The van der Waals surface area contributed by atoms with Crippen molar-refractivity contribution < 1.29 is 0 Å². The minimum absolute atomic E-state index is 0.699. The van der Waals surface area contributed by atoms with E-state index < -0.39 is 0 Å². The zero-order valence-corrected chi connectivity index (χ0v) is 11.8. The van der Waals surface area contributed by atoms with Crippen LogP contribution in [0, 0.1) is 17.8 Å². The average molecular weight is 212 g/mol. The highest BCUT2D eigenvalue weighted by atomic mass is 14.1. The van der Waals surface area contributed by atoms with E-state index in [1.165, 1.54) is 25.7 Å². The molecule has 3 atom stereocenters. The van der Waals surface area contributed by atoms with Crippen molar-refractivity contribution in [3.8, 4) is 0 Å². The summed E-state index contributed by atoms with van der Waals surface area (Å²) in [6, 6.07) is 0. The molecule has 0 heteroatoms. The predicted octanol–water partition coefficient (Wildman–Crippen LogP) is 5.69. The molecule has 0 saturated carbocycles. The average Bonchev–Trinajstić information content (AvgIpc) is 2.28. The van der Waals surface area contributed by atoms with Crippen molar-refractivity contribution in [1.29, 1.82) is 0 Å². The molecule has 0 amide bonds. The molecule has 15 heavy (non-hydrogen) atoms. The third-order valence-corrected chi connectivity index (χ3v) is 3.24. The van der Waals surface area contributed by atoms with Gasteiger partial charge in [-0.2, -0.15) is 0 Å². The number of hydrogen-bond acceptors (Lipinski definition) is 0. The van der Waals surface area contributed by atoms with Crippen molar-refractivity contribution in [2.45, 2.75) is 67.2 Å². The van der Waals surface area contributed by atoms with Crippen molar-refractivity contribution in [2.75, 3.05) is 0 Å². The van der Waals surface area contributed by atoms with Gasteiger partial charge >= 0.3 is 0 Å². The van der Waals surface area contributed by atoms with Crippen LogP contribution in [0.25, 0.3) is 0 Å². The molecule has 0 nitrogen and oxygen atoms in total. The molecular weight excluding hydrogens is 180 g/mol. The van der Waals surface area contributed by atoms with Crippen LogP contribution in [-0.2, 0) is 0 Å². The molecule has 0 aromatic rings. The van der Waals surface area contributed by atoms with Crippen LogP contribution in [0.4, 0.5) is 0 Å². The number of allylic oxidation sites excluding steroid dienone is 1. The quantitative estimate of drug-likeness (QED) is 0.496. The summed E-state index contributed by atoms with van der Waals surface area (Å²) < 4.78 is 0. The van der Waals surface area contributed by atoms with Gasteiger partial charge in [0, 0.05) is 0 Å². The van der Waals surface area contributed by atoms with E-state index in [2.05, 4.69) is 48.1 Å². The fraction of sp³-hybridized carbons (Fsp3) is 0.867. The van der Waals surface area contributed by atoms with Crippen molar-refractivity contribution in [2.24, 2.45) is 17.8 Å². The lowest BCUT2D eigenvalue weighted by Gasteiger charge is -2.12. The molecule has 0 rings (SSSR count). The number of rotatable bonds is 6. The van der Waals surface area contributed by atoms with Gasteiger partial charge in [-0.15, -0.1) is 6.58 Å². The molecule has 0 aromatic heterocycles. The van der Waals surface area contributed by atoms with Gasteiger partial charge in [0.15, 0.2) is 0 Å². The fourth-order valence-corrected chi connectivity index (χ4v) is 1.19. The minimum atomic E-state index is 0.699. The van der Waals surface area contributed by atoms with E-state index in [1.54, 1.807) is 0 Å². The first-order chi connectivity index (χ1) is 7.01. The van der Waals surface area contributed by atoms with Crippen molar-refractivity contribution in [3.05, 3.63) is 12.7 Å². The van der Waals surface area contributed by atoms with Crippen molar-refractivity contribution in [3.63, 3.8) is 0 Å². The molecule has 0 saturated heterocycles. The zero-order valence-electron chi connectivity index (χ0n) is 11.8. The van der Waals surface area contributed by atoms with E-state index in [4.69, 9.17) is 0 Å². The smallest absolute Gasteiger partial charge is 0.0267 e. The van der Waals surface area contributed by atoms with E-state index in [9.17, 15) is 0 Å². The molecule has 0 N–H and O–H groups in total. The summed E-state index contributed by atoms with van der Waals surface area (Å²) in [6.07, 6.45) is 7.27. The van der Waals surface area contributed by atoms with Crippen LogP contribution >= 0.6 is 0 Å². The summed E-state index contributed by atoms with van der Waals surface area (Å²) in [5.41, 5.74) is 0. The lowest BCUT2D eigenvalue weighted by atomic mass is 9.94. The SMILES string of the molecule is C=CC(C)CC.CCC(C)CC(C)CC. The highest BCUT2D eigenvalue weighted by Crippen LogP contribution is 2.16. The largest absolute Gasteiger partial charge is 0.103 e. The maximum atomic E-state index is 3.63. The van der Waals surface area contributed by atoms with Crippen LogP contribution in [0.2, 0.25) is 0 Å². The van der Waals surface area contributed by atoms with Crippen LogP contribution in [0.5, 0.6) is 0 Å². The number of hydrogen-bond donors (Lipinski definition) is 0. The molecule has 3 unspecified atom stereocenters. The molecule has 0 spiro atoms. The normalized spacial score (nSPS) is 15.9. The highest BCUT2D eigenvalue weighted by molar-refractivity contribution is 4.72. The maximum Gasteiger partial charge on any atom is -0.0267 e. The van der Waals surface area contributed by atoms with Gasteiger partial charge in [0.1, 0.15) is 0 Å². The Labute approximate surface area is 98.2 Å². The maximum absolute atomic E-state index is 3.63. The van der Waals surface area contributed by atoms with Crippen LogP contribution in [0.1, 0.15) is 67.2 Å². The Hall–Kier alpha value is -0.260. The summed E-state index contributed by atoms with van der Waals surface area (Å²) in [5, 5.41) is 0. The second-order valence-electron chi connectivity index (χ2n) is 4.88. The molecule has 0 aliphatic rings. The third kappa shape index (κ3) is 13.7. The molecule has 0 bridgehead atoms. The molecule has 92 valence electrons. The van der Waals surface area contributed by atoms with Gasteiger partial charge in [-0.25, -0.2) is 0 Å². The van der Waals surface area contributed by atoms with Crippen LogP contribution in [-0.4, -0.2) is 0 Å². The minimum Gasteiger partial charge on any atom is -0.103 e. The molecule has 0 radical (unpaired) electrons. The Morgan fingerprint density at radius 3 is 1.40 bits per heavy atom. The molecular formula is C15H32. The van der Waals surface area contributed by atoms with Gasteiger partial charge in [0.05, 0.1) is 0 Å². The van der Waals surface area contributed by atoms with Gasteiger partial charge in [-0.3, -0.25) is 0 Å². The second kappa shape index (κ2) is 11.8. The van der Waals surface area contributed by atoms with Gasteiger partial charge in [-0.05, 0) is 24.2 Å². The van der Waals surface area contributed by atoms with E-state index in [0.29, 0.717) is 5.92 Å². The van der Waals surface area contributed by atoms with Crippen LogP contribution in [0.3, 0.4) is 0 Å². The molecule has 0 fully saturated rings. The van der Waals surface area contributed by atoms with Gasteiger partial charge in [0.25, 0.3) is 0 Å². The van der Waals surface area contributed by atoms with Crippen molar-refractivity contribution >= 4 is 0 Å². The van der Waals surface area contributed by atoms with E-state index in [-0.39, 0.29) is 0 Å². The Kier molecular flexibility index (Phi) is 13.5. The van der Waals surface area contributed by atoms with Gasteiger partial charge in [0.2, 0.25) is 0 Å². The summed E-state index contributed by atoms with van der Waals surface area (Å²) >= 11 is 0. The summed E-state index contributed by atoms with van der Waals surface area (Å²) in [4.78, 5) is 0. The first-order valence-corrected chi connectivity index (χ1v) is 6.64. The fourth-order valence-electron chi connectivity index (χ4n) is 1.19.